The summed E-state index contributed by atoms with van der Waals surface area (Å²) in [5.74, 6) is 0. The molecule has 3 nitrogen and oxygen atoms in total. The molecule has 0 unspecified atom stereocenters. The summed E-state index contributed by atoms with van der Waals surface area (Å²) in [5.41, 5.74) is 2.91. The van der Waals surface area contributed by atoms with Crippen molar-refractivity contribution in [3.63, 3.8) is 0 Å². The quantitative estimate of drug-likeness (QED) is 0.860. The van der Waals surface area contributed by atoms with Crippen LogP contribution in [0.25, 0.3) is 0 Å². The molecule has 3 rings (SSSR count). The van der Waals surface area contributed by atoms with Crippen LogP contribution in [0.15, 0.2) is 24.3 Å². The molecule has 0 aliphatic carbocycles. The summed E-state index contributed by atoms with van der Waals surface area (Å²) in [4.78, 5) is 5.17. The Bertz CT molecular complexity index is 426. The summed E-state index contributed by atoms with van der Waals surface area (Å²) >= 11 is 0. The zero-order valence-corrected chi connectivity index (χ0v) is 15.8. The number of halogens is 2. The van der Waals surface area contributed by atoms with E-state index in [4.69, 9.17) is 0 Å². The minimum absolute atomic E-state index is 0. The maximum atomic E-state index is 3.46. The molecule has 1 N–H and O–H groups in total. The van der Waals surface area contributed by atoms with Crippen molar-refractivity contribution < 1.29 is 0 Å². The highest BCUT2D eigenvalue weighted by Gasteiger charge is 2.21. The average molecular weight is 360 g/mol. The molecule has 2 heterocycles. The lowest BCUT2D eigenvalue weighted by Crippen LogP contribution is -2.45. The van der Waals surface area contributed by atoms with E-state index in [2.05, 4.69) is 46.3 Å². The van der Waals surface area contributed by atoms with E-state index in [-0.39, 0.29) is 24.8 Å². The van der Waals surface area contributed by atoms with Gasteiger partial charge >= 0.3 is 0 Å². The van der Waals surface area contributed by atoms with E-state index in [1.54, 1.807) is 0 Å². The molecule has 1 aromatic rings. The standard InChI is InChI=1S/C18H29N3.2ClH/c1-2-5-18(21-14-10-19-11-15-21)16-6-8-17(9-7-16)20-12-3-4-13-20;;/h6-9,18-19H,2-5,10-15H2,1H3;2*1H/t18-;;/m0../s1. The second kappa shape index (κ2) is 10.4. The van der Waals surface area contributed by atoms with Gasteiger partial charge in [-0.1, -0.05) is 25.5 Å². The van der Waals surface area contributed by atoms with E-state index < -0.39 is 0 Å². The first-order valence-electron chi connectivity index (χ1n) is 8.68. The van der Waals surface area contributed by atoms with Crippen molar-refractivity contribution in [3.05, 3.63) is 29.8 Å². The molecule has 0 bridgehead atoms. The number of hydrogen-bond donors (Lipinski definition) is 1. The molecule has 2 fully saturated rings. The summed E-state index contributed by atoms with van der Waals surface area (Å²) in [7, 11) is 0. The summed E-state index contributed by atoms with van der Waals surface area (Å²) in [6.45, 7) is 9.38. The van der Waals surface area contributed by atoms with Crippen molar-refractivity contribution in [2.75, 3.05) is 44.2 Å². The van der Waals surface area contributed by atoms with Gasteiger partial charge in [0.15, 0.2) is 0 Å². The molecule has 2 aliphatic heterocycles. The molecular weight excluding hydrogens is 329 g/mol. The first-order chi connectivity index (χ1) is 10.4. The van der Waals surface area contributed by atoms with E-state index in [1.807, 2.05) is 0 Å². The number of piperazine rings is 1. The van der Waals surface area contributed by atoms with E-state index in [1.165, 1.54) is 63.1 Å². The molecular formula is C18H31Cl2N3. The van der Waals surface area contributed by atoms with Gasteiger partial charge in [-0.15, -0.1) is 24.8 Å². The zero-order valence-electron chi connectivity index (χ0n) is 14.2. The maximum Gasteiger partial charge on any atom is 0.0366 e. The Balaban J connectivity index is 0.00000132. The first kappa shape index (κ1) is 20.6. The molecule has 2 saturated heterocycles. The van der Waals surface area contributed by atoms with Gasteiger partial charge in [0.25, 0.3) is 0 Å². The maximum absolute atomic E-state index is 3.46. The van der Waals surface area contributed by atoms with E-state index in [0.29, 0.717) is 6.04 Å². The lowest BCUT2D eigenvalue weighted by atomic mass is 9.99. The van der Waals surface area contributed by atoms with Crippen LogP contribution >= 0.6 is 24.8 Å². The molecule has 0 spiro atoms. The van der Waals surface area contributed by atoms with Crippen molar-refractivity contribution in [3.8, 4) is 0 Å². The third-order valence-corrected chi connectivity index (χ3v) is 4.90. The highest BCUT2D eigenvalue weighted by atomic mass is 35.5. The van der Waals surface area contributed by atoms with Crippen molar-refractivity contribution in [2.45, 2.75) is 38.6 Å². The molecule has 5 heteroatoms. The topological polar surface area (TPSA) is 18.5 Å². The van der Waals surface area contributed by atoms with Crippen LogP contribution in [-0.2, 0) is 0 Å². The summed E-state index contributed by atoms with van der Waals surface area (Å²) in [5, 5.41) is 3.46. The largest absolute Gasteiger partial charge is 0.372 e. The van der Waals surface area contributed by atoms with Gasteiger partial charge in [0.1, 0.15) is 0 Å². The monoisotopic (exact) mass is 359 g/mol. The van der Waals surface area contributed by atoms with Crippen LogP contribution in [0.2, 0.25) is 0 Å². The van der Waals surface area contributed by atoms with Gasteiger partial charge in [0, 0.05) is 51.0 Å². The second-order valence-corrected chi connectivity index (χ2v) is 6.38. The van der Waals surface area contributed by atoms with Crippen LogP contribution in [0.5, 0.6) is 0 Å². The Morgan fingerprint density at radius 2 is 1.57 bits per heavy atom. The van der Waals surface area contributed by atoms with Crippen molar-refractivity contribution >= 4 is 30.5 Å². The van der Waals surface area contributed by atoms with Crippen molar-refractivity contribution in [2.24, 2.45) is 0 Å². The van der Waals surface area contributed by atoms with Gasteiger partial charge in [-0.05, 0) is 37.0 Å². The molecule has 132 valence electrons. The number of nitrogens with zero attached hydrogens (tertiary/aromatic N) is 2. The van der Waals surface area contributed by atoms with Crippen LogP contribution < -0.4 is 10.2 Å². The van der Waals surface area contributed by atoms with E-state index in [0.717, 1.165) is 13.1 Å². The molecule has 0 radical (unpaired) electrons. The minimum atomic E-state index is 0. The molecule has 0 aromatic heterocycles. The van der Waals surface area contributed by atoms with Gasteiger partial charge < -0.3 is 10.2 Å². The van der Waals surface area contributed by atoms with Gasteiger partial charge in [0.05, 0.1) is 0 Å². The molecule has 0 amide bonds. The Morgan fingerprint density at radius 1 is 0.957 bits per heavy atom. The van der Waals surface area contributed by atoms with Gasteiger partial charge in [-0.3, -0.25) is 4.90 Å². The highest BCUT2D eigenvalue weighted by molar-refractivity contribution is 5.85. The van der Waals surface area contributed by atoms with Gasteiger partial charge in [-0.2, -0.15) is 0 Å². The van der Waals surface area contributed by atoms with Gasteiger partial charge in [-0.25, -0.2) is 0 Å². The third kappa shape index (κ3) is 5.25. The fourth-order valence-electron chi connectivity index (χ4n) is 3.71. The molecule has 1 atom stereocenters. The van der Waals surface area contributed by atoms with Crippen molar-refractivity contribution in [1.29, 1.82) is 0 Å². The summed E-state index contributed by atoms with van der Waals surface area (Å²) < 4.78 is 0. The second-order valence-electron chi connectivity index (χ2n) is 6.38. The van der Waals surface area contributed by atoms with E-state index in [9.17, 15) is 0 Å². The lowest BCUT2D eigenvalue weighted by Gasteiger charge is -2.35. The van der Waals surface area contributed by atoms with Crippen LogP contribution in [0.4, 0.5) is 5.69 Å². The smallest absolute Gasteiger partial charge is 0.0366 e. The van der Waals surface area contributed by atoms with Crippen LogP contribution in [0.1, 0.15) is 44.2 Å². The van der Waals surface area contributed by atoms with Crippen LogP contribution in [-0.4, -0.2) is 44.2 Å². The van der Waals surface area contributed by atoms with Crippen LogP contribution in [0, 0.1) is 0 Å². The number of hydrogen-bond acceptors (Lipinski definition) is 3. The number of rotatable bonds is 5. The number of benzene rings is 1. The predicted octanol–water partition coefficient (Wildman–Crippen LogP) is 3.88. The normalized spacial score (nSPS) is 19.8. The predicted molar refractivity (Wildman–Crippen MR) is 104 cm³/mol. The summed E-state index contributed by atoms with van der Waals surface area (Å²) in [6.07, 6.45) is 5.22. The van der Waals surface area contributed by atoms with Crippen molar-refractivity contribution in [1.82, 2.24) is 10.2 Å². The molecule has 23 heavy (non-hydrogen) atoms. The SMILES string of the molecule is CCC[C@@H](c1ccc(N2CCCC2)cc1)N1CCNCC1.Cl.Cl. The number of nitrogens with one attached hydrogen (secondary N) is 1. The van der Waals surface area contributed by atoms with E-state index >= 15 is 0 Å². The highest BCUT2D eigenvalue weighted by Crippen LogP contribution is 2.28. The third-order valence-electron chi connectivity index (χ3n) is 4.90. The first-order valence-corrected chi connectivity index (χ1v) is 8.68. The fourth-order valence-corrected chi connectivity index (χ4v) is 3.71. The lowest BCUT2D eigenvalue weighted by molar-refractivity contribution is 0.164. The Kier molecular flexibility index (Phi) is 9.30. The molecule has 1 aromatic carbocycles. The Morgan fingerprint density at radius 3 is 2.13 bits per heavy atom. The minimum Gasteiger partial charge on any atom is -0.372 e. The molecule has 0 saturated carbocycles. The van der Waals surface area contributed by atoms with Crippen LogP contribution in [0.3, 0.4) is 0 Å². The fraction of sp³-hybridized carbons (Fsp3) is 0.667. The average Bonchev–Trinajstić information content (AvgIpc) is 3.08. The Hall–Kier alpha value is -0.480. The zero-order chi connectivity index (χ0) is 14.5. The molecule has 2 aliphatic rings. The Labute approximate surface area is 153 Å². The number of anilines is 1. The van der Waals surface area contributed by atoms with Gasteiger partial charge in [0.2, 0.25) is 0 Å². The summed E-state index contributed by atoms with van der Waals surface area (Å²) in [6, 6.07) is 10.0.